The fourth-order valence-corrected chi connectivity index (χ4v) is 2.77. The van der Waals surface area contributed by atoms with Crippen LogP contribution < -0.4 is 0 Å². The van der Waals surface area contributed by atoms with Gasteiger partial charge in [-0.1, -0.05) is 44.2 Å². The van der Waals surface area contributed by atoms with Crippen molar-refractivity contribution in [3.63, 3.8) is 0 Å². The summed E-state index contributed by atoms with van der Waals surface area (Å²) in [5.41, 5.74) is 3.65. The van der Waals surface area contributed by atoms with Crippen LogP contribution in [0.4, 0.5) is 0 Å². The number of aromatic amines is 1. The number of pyridine rings is 1. The van der Waals surface area contributed by atoms with E-state index in [0.717, 1.165) is 12.1 Å². The molecule has 1 N–H and O–H groups in total. The third-order valence-corrected chi connectivity index (χ3v) is 4.16. The summed E-state index contributed by atoms with van der Waals surface area (Å²) in [7, 11) is 0. The van der Waals surface area contributed by atoms with Gasteiger partial charge in [0.05, 0.1) is 0 Å². The Kier molecular flexibility index (Phi) is 2.86. The zero-order valence-corrected chi connectivity index (χ0v) is 11.4. The molecule has 2 heteroatoms. The topological polar surface area (TPSA) is 28.7 Å². The Bertz CT molecular complexity index is 685. The lowest BCUT2D eigenvalue weighted by atomic mass is 9.74. The van der Waals surface area contributed by atoms with Crippen LogP contribution in [0.25, 0.3) is 11.0 Å². The van der Waals surface area contributed by atoms with E-state index in [4.69, 9.17) is 0 Å². The van der Waals surface area contributed by atoms with Crippen molar-refractivity contribution < 1.29 is 0 Å². The Balaban J connectivity index is 2.22. The zero-order valence-electron chi connectivity index (χ0n) is 11.4. The maximum Gasteiger partial charge on any atom is 0.137 e. The molecule has 19 heavy (non-hydrogen) atoms. The van der Waals surface area contributed by atoms with Crippen molar-refractivity contribution in [2.45, 2.75) is 25.7 Å². The minimum Gasteiger partial charge on any atom is -0.346 e. The summed E-state index contributed by atoms with van der Waals surface area (Å²) in [6.07, 6.45) is 4.99. The fraction of sp³-hybridized carbons (Fsp3) is 0.235. The third-order valence-electron chi connectivity index (χ3n) is 4.16. The molecule has 0 aliphatic heterocycles. The Hall–Kier alpha value is -2.09. The molecule has 3 aromatic rings. The summed E-state index contributed by atoms with van der Waals surface area (Å²) < 4.78 is 0. The van der Waals surface area contributed by atoms with Gasteiger partial charge in [-0.3, -0.25) is 0 Å². The predicted molar refractivity (Wildman–Crippen MR) is 79.3 cm³/mol. The van der Waals surface area contributed by atoms with Crippen molar-refractivity contribution in [3.8, 4) is 0 Å². The van der Waals surface area contributed by atoms with Crippen LogP contribution in [-0.2, 0) is 5.41 Å². The molecule has 0 amide bonds. The van der Waals surface area contributed by atoms with Gasteiger partial charge in [-0.2, -0.15) is 0 Å². The number of hydrogen-bond donors (Lipinski definition) is 1. The van der Waals surface area contributed by atoms with Crippen LogP contribution in [0.15, 0.2) is 54.9 Å². The summed E-state index contributed by atoms with van der Waals surface area (Å²) in [6, 6.07) is 14.8. The van der Waals surface area contributed by atoms with Gasteiger partial charge in [-0.05, 0) is 29.7 Å². The molecule has 2 heterocycles. The van der Waals surface area contributed by atoms with Crippen molar-refractivity contribution in [3.05, 3.63) is 66.0 Å². The molecule has 1 unspecified atom stereocenters. The Labute approximate surface area is 113 Å². The summed E-state index contributed by atoms with van der Waals surface area (Å²) in [4.78, 5) is 7.67. The van der Waals surface area contributed by atoms with Crippen LogP contribution in [0.1, 0.15) is 31.4 Å². The first-order valence-corrected chi connectivity index (χ1v) is 6.74. The number of nitrogens with zero attached hydrogens (tertiary/aromatic N) is 1. The number of benzene rings is 1. The number of aromatic nitrogens is 2. The van der Waals surface area contributed by atoms with E-state index in [1.807, 2.05) is 12.3 Å². The number of hydrogen-bond acceptors (Lipinski definition) is 1. The van der Waals surface area contributed by atoms with E-state index < -0.39 is 0 Å². The smallest absolute Gasteiger partial charge is 0.137 e. The molecule has 0 aliphatic rings. The standard InChI is InChI=1S/C17H18N2/c1-3-17(2,13-8-5-4-6-9-13)15-12-19-16-14(15)10-7-11-18-16/h4-12H,3H2,1-2H3,(H,18,19). The van der Waals surface area contributed by atoms with Crippen LogP contribution in [0.5, 0.6) is 0 Å². The monoisotopic (exact) mass is 250 g/mol. The predicted octanol–water partition coefficient (Wildman–Crippen LogP) is 4.28. The molecular weight excluding hydrogens is 232 g/mol. The molecule has 2 aromatic heterocycles. The second-order valence-electron chi connectivity index (χ2n) is 5.15. The maximum atomic E-state index is 4.39. The third kappa shape index (κ3) is 1.84. The molecule has 0 bridgehead atoms. The zero-order chi connectivity index (χ0) is 13.3. The summed E-state index contributed by atoms with van der Waals surface area (Å²) in [6.45, 7) is 4.54. The lowest BCUT2D eigenvalue weighted by Gasteiger charge is -2.29. The van der Waals surface area contributed by atoms with Crippen molar-refractivity contribution >= 4 is 11.0 Å². The first-order valence-electron chi connectivity index (χ1n) is 6.74. The van der Waals surface area contributed by atoms with E-state index in [2.05, 4.69) is 66.4 Å². The second-order valence-corrected chi connectivity index (χ2v) is 5.15. The van der Waals surface area contributed by atoms with Crippen molar-refractivity contribution in [2.75, 3.05) is 0 Å². The van der Waals surface area contributed by atoms with E-state index in [1.54, 1.807) is 0 Å². The molecule has 1 aromatic carbocycles. The number of H-pyrrole nitrogens is 1. The largest absolute Gasteiger partial charge is 0.346 e. The summed E-state index contributed by atoms with van der Waals surface area (Å²) in [5.74, 6) is 0. The SMILES string of the molecule is CCC(C)(c1ccccc1)c1c[nH]c2ncccc12. The van der Waals surface area contributed by atoms with E-state index in [9.17, 15) is 0 Å². The van der Waals surface area contributed by atoms with Crippen molar-refractivity contribution in [1.29, 1.82) is 0 Å². The molecule has 2 nitrogen and oxygen atoms in total. The Morgan fingerprint density at radius 1 is 1.11 bits per heavy atom. The first kappa shape index (κ1) is 12.0. The van der Waals surface area contributed by atoms with Gasteiger partial charge in [-0.25, -0.2) is 4.98 Å². The molecule has 0 radical (unpaired) electrons. The van der Waals surface area contributed by atoms with Gasteiger partial charge in [0.1, 0.15) is 5.65 Å². The normalized spacial score (nSPS) is 14.4. The van der Waals surface area contributed by atoms with Crippen LogP contribution in [0.3, 0.4) is 0 Å². The van der Waals surface area contributed by atoms with Crippen LogP contribution in [0.2, 0.25) is 0 Å². The van der Waals surface area contributed by atoms with Crippen molar-refractivity contribution in [1.82, 2.24) is 9.97 Å². The minimum atomic E-state index is 0.0164. The first-order chi connectivity index (χ1) is 9.25. The molecule has 0 saturated heterocycles. The van der Waals surface area contributed by atoms with Gasteiger partial charge in [0.15, 0.2) is 0 Å². The fourth-order valence-electron chi connectivity index (χ4n) is 2.77. The average molecular weight is 250 g/mol. The quantitative estimate of drug-likeness (QED) is 0.738. The van der Waals surface area contributed by atoms with Crippen molar-refractivity contribution in [2.24, 2.45) is 0 Å². The molecule has 1 atom stereocenters. The van der Waals surface area contributed by atoms with Gasteiger partial charge < -0.3 is 4.98 Å². The number of rotatable bonds is 3. The molecule has 0 fully saturated rings. The Morgan fingerprint density at radius 2 is 1.89 bits per heavy atom. The molecule has 0 aliphatic carbocycles. The highest BCUT2D eigenvalue weighted by Gasteiger charge is 2.29. The van der Waals surface area contributed by atoms with E-state index in [-0.39, 0.29) is 5.41 Å². The van der Waals surface area contributed by atoms with Gasteiger partial charge in [0.2, 0.25) is 0 Å². The van der Waals surface area contributed by atoms with Crippen LogP contribution >= 0.6 is 0 Å². The van der Waals surface area contributed by atoms with Gasteiger partial charge in [0, 0.05) is 23.2 Å². The minimum absolute atomic E-state index is 0.0164. The Morgan fingerprint density at radius 3 is 2.63 bits per heavy atom. The lowest BCUT2D eigenvalue weighted by molar-refractivity contribution is 0.554. The van der Waals surface area contributed by atoms with E-state index >= 15 is 0 Å². The number of nitrogens with one attached hydrogen (secondary N) is 1. The molecule has 96 valence electrons. The average Bonchev–Trinajstić information content (AvgIpc) is 2.92. The number of fused-ring (bicyclic) bond motifs is 1. The van der Waals surface area contributed by atoms with E-state index in [1.165, 1.54) is 16.5 Å². The summed E-state index contributed by atoms with van der Waals surface area (Å²) in [5, 5.41) is 1.22. The van der Waals surface area contributed by atoms with E-state index in [0.29, 0.717) is 0 Å². The molecule has 0 saturated carbocycles. The maximum absolute atomic E-state index is 4.39. The van der Waals surface area contributed by atoms with Crippen LogP contribution in [0, 0.1) is 0 Å². The van der Waals surface area contributed by atoms with Gasteiger partial charge in [0.25, 0.3) is 0 Å². The molecular formula is C17H18N2. The molecule has 3 rings (SSSR count). The molecule has 0 spiro atoms. The summed E-state index contributed by atoms with van der Waals surface area (Å²) >= 11 is 0. The van der Waals surface area contributed by atoms with Gasteiger partial charge in [-0.15, -0.1) is 0 Å². The highest BCUT2D eigenvalue weighted by molar-refractivity contribution is 5.81. The van der Waals surface area contributed by atoms with Crippen LogP contribution in [-0.4, -0.2) is 9.97 Å². The highest BCUT2D eigenvalue weighted by atomic mass is 14.8. The van der Waals surface area contributed by atoms with Gasteiger partial charge >= 0.3 is 0 Å². The highest BCUT2D eigenvalue weighted by Crippen LogP contribution is 2.38. The lowest BCUT2D eigenvalue weighted by Crippen LogP contribution is -2.22. The second kappa shape index (κ2) is 4.54.